The number of anilines is 4. The highest BCUT2D eigenvalue weighted by atomic mass is 19.4. The van der Waals surface area contributed by atoms with E-state index >= 15 is 0 Å². The maximum atomic E-state index is 12.9. The van der Waals surface area contributed by atoms with Gasteiger partial charge < -0.3 is 29.9 Å². The first kappa shape index (κ1) is 31.8. The summed E-state index contributed by atoms with van der Waals surface area (Å²) < 4.78 is 50.1. The molecule has 0 saturated carbocycles. The van der Waals surface area contributed by atoms with Crippen molar-refractivity contribution < 1.29 is 27.4 Å². The summed E-state index contributed by atoms with van der Waals surface area (Å²) in [7, 11) is 7.44. The fourth-order valence-corrected chi connectivity index (χ4v) is 4.17. The predicted molar refractivity (Wildman–Crippen MR) is 166 cm³/mol. The van der Waals surface area contributed by atoms with Gasteiger partial charge >= 0.3 is 6.18 Å². The van der Waals surface area contributed by atoms with Crippen LogP contribution in [0.5, 0.6) is 17.2 Å². The van der Waals surface area contributed by atoms with Crippen LogP contribution in [0.15, 0.2) is 85.6 Å². The number of benzene rings is 3. The Hall–Kier alpha value is -5.10. The number of ether oxygens (including phenoxy) is 2. The number of hydrogen-bond acceptors (Lipinski definition) is 8. The fraction of sp³-hybridized carbons (Fsp3) is 0.219. The number of halogens is 3. The van der Waals surface area contributed by atoms with Gasteiger partial charge in [0, 0.05) is 38.0 Å². The van der Waals surface area contributed by atoms with E-state index in [1.165, 1.54) is 18.2 Å². The van der Waals surface area contributed by atoms with Crippen molar-refractivity contribution in [1.82, 2.24) is 14.9 Å². The maximum Gasteiger partial charge on any atom is 0.416 e. The number of alkyl halides is 3. The van der Waals surface area contributed by atoms with Crippen LogP contribution in [0.25, 0.3) is 11.3 Å². The van der Waals surface area contributed by atoms with E-state index in [2.05, 4.69) is 32.1 Å². The number of amides is 1. The molecule has 0 atom stereocenters. The van der Waals surface area contributed by atoms with Crippen LogP contribution in [0.3, 0.4) is 0 Å². The van der Waals surface area contributed by atoms with Crippen LogP contribution in [-0.4, -0.2) is 62.1 Å². The third-order valence-corrected chi connectivity index (χ3v) is 6.50. The van der Waals surface area contributed by atoms with Crippen molar-refractivity contribution in [3.63, 3.8) is 0 Å². The topological polar surface area (TPSA) is 91.8 Å². The van der Waals surface area contributed by atoms with E-state index in [9.17, 15) is 18.0 Å². The Morgan fingerprint density at radius 3 is 2.39 bits per heavy atom. The van der Waals surface area contributed by atoms with Crippen molar-refractivity contribution in [3.05, 3.63) is 91.1 Å². The second kappa shape index (κ2) is 13.9. The Bertz CT molecular complexity index is 1610. The van der Waals surface area contributed by atoms with E-state index in [-0.39, 0.29) is 17.6 Å². The van der Waals surface area contributed by atoms with Crippen molar-refractivity contribution >= 4 is 28.9 Å². The van der Waals surface area contributed by atoms with E-state index < -0.39 is 11.7 Å². The smallest absolute Gasteiger partial charge is 0.416 e. The number of aromatic nitrogens is 2. The highest BCUT2D eigenvalue weighted by molar-refractivity contribution is 6.02. The number of nitrogens with one attached hydrogen (secondary N) is 2. The number of likely N-dealkylation sites (N-methyl/N-ethyl adjacent to an activating group) is 2. The lowest BCUT2D eigenvalue weighted by molar-refractivity contribution is -0.137. The minimum Gasteiger partial charge on any atom is -0.494 e. The van der Waals surface area contributed by atoms with E-state index in [0.29, 0.717) is 40.7 Å². The van der Waals surface area contributed by atoms with Crippen molar-refractivity contribution in [2.24, 2.45) is 0 Å². The van der Waals surface area contributed by atoms with Crippen LogP contribution in [-0.2, 0) is 11.0 Å². The molecule has 0 radical (unpaired) electrons. The summed E-state index contributed by atoms with van der Waals surface area (Å²) in [5, 5.41) is 6.04. The van der Waals surface area contributed by atoms with Crippen LogP contribution < -0.4 is 25.0 Å². The second-order valence-electron chi connectivity index (χ2n) is 10.0. The zero-order chi connectivity index (χ0) is 31.9. The predicted octanol–water partition coefficient (Wildman–Crippen LogP) is 6.83. The molecule has 4 rings (SSSR count). The first-order valence-electron chi connectivity index (χ1n) is 13.5. The molecule has 9 nitrogen and oxygen atoms in total. The van der Waals surface area contributed by atoms with Crippen LogP contribution >= 0.6 is 0 Å². The van der Waals surface area contributed by atoms with Gasteiger partial charge in [-0.2, -0.15) is 13.2 Å². The molecule has 0 saturated heterocycles. The third kappa shape index (κ3) is 8.26. The summed E-state index contributed by atoms with van der Waals surface area (Å²) in [6, 6.07) is 16.8. The molecule has 44 heavy (non-hydrogen) atoms. The Morgan fingerprint density at radius 1 is 0.977 bits per heavy atom. The van der Waals surface area contributed by atoms with Gasteiger partial charge in [-0.3, -0.25) is 4.79 Å². The quantitative estimate of drug-likeness (QED) is 0.170. The third-order valence-electron chi connectivity index (χ3n) is 6.50. The number of carbonyl (C=O) groups is 1. The van der Waals surface area contributed by atoms with Crippen LogP contribution in [0.1, 0.15) is 5.56 Å². The van der Waals surface area contributed by atoms with E-state index in [1.54, 1.807) is 43.6 Å². The van der Waals surface area contributed by atoms with E-state index in [1.807, 2.05) is 38.2 Å². The number of nitrogens with zero attached hydrogens (tertiary/aromatic N) is 4. The summed E-state index contributed by atoms with van der Waals surface area (Å²) in [6.07, 6.45) is -1.64. The number of carbonyl (C=O) groups excluding carboxylic acids is 1. The lowest BCUT2D eigenvalue weighted by Crippen LogP contribution is -2.29. The largest absolute Gasteiger partial charge is 0.494 e. The summed E-state index contributed by atoms with van der Waals surface area (Å²) in [5.41, 5.74) is 2.33. The SMILES string of the molecule is C=CC(=O)Nc1cc(Nc2nccc(-c3cccc(Oc4ccc(C(F)(F)F)cc4)c3)n2)c(OC)cc1N(C)CCN(C)C. The molecule has 0 aliphatic carbocycles. The highest BCUT2D eigenvalue weighted by Crippen LogP contribution is 2.38. The van der Waals surface area contributed by atoms with Crippen LogP contribution in [0, 0.1) is 0 Å². The molecule has 3 aromatic carbocycles. The van der Waals surface area contributed by atoms with Crippen molar-refractivity contribution in [3.8, 4) is 28.5 Å². The van der Waals surface area contributed by atoms with Crippen molar-refractivity contribution in [2.75, 3.05) is 56.9 Å². The number of rotatable bonds is 12. The Morgan fingerprint density at radius 2 is 1.73 bits per heavy atom. The average molecular weight is 607 g/mol. The van der Waals surface area contributed by atoms with Gasteiger partial charge in [0.2, 0.25) is 11.9 Å². The van der Waals surface area contributed by atoms with E-state index in [0.717, 1.165) is 24.4 Å². The summed E-state index contributed by atoms with van der Waals surface area (Å²) in [6.45, 7) is 5.05. The van der Waals surface area contributed by atoms with Gasteiger partial charge in [-0.15, -0.1) is 0 Å². The van der Waals surface area contributed by atoms with Crippen LogP contribution in [0.2, 0.25) is 0 Å². The molecule has 1 heterocycles. The van der Waals surface area contributed by atoms with Crippen LogP contribution in [0.4, 0.5) is 36.2 Å². The molecule has 2 N–H and O–H groups in total. The molecular formula is C32H33F3N6O3. The first-order valence-corrected chi connectivity index (χ1v) is 13.5. The number of methoxy groups -OCH3 is 1. The molecule has 0 fully saturated rings. The van der Waals surface area contributed by atoms with Crippen molar-refractivity contribution in [1.29, 1.82) is 0 Å². The lowest BCUT2D eigenvalue weighted by atomic mass is 10.1. The van der Waals surface area contributed by atoms with Gasteiger partial charge in [-0.25, -0.2) is 9.97 Å². The highest BCUT2D eigenvalue weighted by Gasteiger charge is 2.30. The Labute approximate surface area is 254 Å². The minimum absolute atomic E-state index is 0.266. The Kier molecular flexibility index (Phi) is 10.1. The fourth-order valence-electron chi connectivity index (χ4n) is 4.17. The molecule has 1 aromatic heterocycles. The average Bonchev–Trinajstić information content (AvgIpc) is 3.00. The minimum atomic E-state index is -4.42. The number of hydrogen-bond donors (Lipinski definition) is 2. The molecule has 1 amide bonds. The van der Waals surface area contributed by atoms with Crippen molar-refractivity contribution in [2.45, 2.75) is 6.18 Å². The zero-order valence-electron chi connectivity index (χ0n) is 24.8. The molecule has 230 valence electrons. The summed E-state index contributed by atoms with van der Waals surface area (Å²) >= 11 is 0. The summed E-state index contributed by atoms with van der Waals surface area (Å²) in [5.74, 6) is 1.11. The lowest BCUT2D eigenvalue weighted by Gasteiger charge is -2.26. The maximum absolute atomic E-state index is 12.9. The summed E-state index contributed by atoms with van der Waals surface area (Å²) in [4.78, 5) is 25.3. The van der Waals surface area contributed by atoms with Gasteiger partial charge in [0.1, 0.15) is 17.2 Å². The molecule has 0 aliphatic heterocycles. The van der Waals surface area contributed by atoms with E-state index in [4.69, 9.17) is 9.47 Å². The molecule has 0 unspecified atom stereocenters. The normalized spacial score (nSPS) is 11.2. The first-order chi connectivity index (χ1) is 21.0. The monoisotopic (exact) mass is 606 g/mol. The Balaban J connectivity index is 1.59. The molecule has 0 bridgehead atoms. The van der Waals surface area contributed by atoms with Gasteiger partial charge in [-0.05, 0) is 68.7 Å². The van der Waals surface area contributed by atoms with Gasteiger partial charge in [0.05, 0.1) is 35.4 Å². The molecule has 0 aliphatic rings. The standard InChI is InChI=1S/C32H33F3N6O3/c1-6-30(42)37-26-19-27(29(43-5)20-28(26)41(4)17-16-40(2)3)39-31-36-15-14-25(38-31)21-8-7-9-24(18-21)44-23-12-10-22(11-13-23)32(33,34)35/h6-15,18-20H,1,16-17H2,2-5H3,(H,37,42)(H,36,38,39). The second-order valence-corrected chi connectivity index (χ2v) is 10.0. The zero-order valence-corrected chi connectivity index (χ0v) is 24.8. The molecule has 4 aromatic rings. The molecular weight excluding hydrogens is 573 g/mol. The molecule has 0 spiro atoms. The van der Waals surface area contributed by atoms with Gasteiger partial charge in [-0.1, -0.05) is 18.7 Å². The van der Waals surface area contributed by atoms with Gasteiger partial charge in [0.15, 0.2) is 0 Å². The molecule has 12 heteroatoms. The van der Waals surface area contributed by atoms with Gasteiger partial charge in [0.25, 0.3) is 0 Å².